The smallest absolute Gasteiger partial charge is 0.226 e. The third-order valence-electron chi connectivity index (χ3n) is 5.40. The highest BCUT2D eigenvalue weighted by molar-refractivity contribution is 5.86. The van der Waals surface area contributed by atoms with E-state index in [1.807, 2.05) is 0 Å². The Kier molecular flexibility index (Phi) is 4.45. The van der Waals surface area contributed by atoms with E-state index in [4.69, 9.17) is 0 Å². The van der Waals surface area contributed by atoms with Gasteiger partial charge in [0, 0.05) is 40.0 Å². The van der Waals surface area contributed by atoms with E-state index in [1.54, 1.807) is 38.0 Å². The largest absolute Gasteiger partial charge is 0.349 e. The van der Waals surface area contributed by atoms with Gasteiger partial charge in [0.05, 0.1) is 5.92 Å². The van der Waals surface area contributed by atoms with Crippen LogP contribution in [0.4, 0.5) is 0 Å². The molecule has 0 aromatic carbocycles. The van der Waals surface area contributed by atoms with E-state index in [0.29, 0.717) is 18.3 Å². The average Bonchev–Trinajstić information content (AvgIpc) is 3.01. The van der Waals surface area contributed by atoms with E-state index in [2.05, 4.69) is 19.1 Å². The van der Waals surface area contributed by atoms with Gasteiger partial charge in [0.2, 0.25) is 11.8 Å². The van der Waals surface area contributed by atoms with Crippen LogP contribution in [0.5, 0.6) is 0 Å². The Morgan fingerprint density at radius 3 is 2.38 bits per heavy atom. The highest BCUT2D eigenvalue weighted by Gasteiger charge is 2.55. The Labute approximate surface area is 128 Å². The summed E-state index contributed by atoms with van der Waals surface area (Å²) in [6.45, 7) is 2.20. The molecule has 1 saturated carbocycles. The molecule has 21 heavy (non-hydrogen) atoms. The third-order valence-corrected chi connectivity index (χ3v) is 5.40. The number of allylic oxidation sites excluding steroid dienone is 2. The van der Waals surface area contributed by atoms with Crippen LogP contribution >= 0.6 is 0 Å². The highest BCUT2D eigenvalue weighted by Crippen LogP contribution is 2.59. The van der Waals surface area contributed by atoms with Crippen molar-refractivity contribution in [3.05, 3.63) is 12.2 Å². The second-order valence-corrected chi connectivity index (χ2v) is 7.05. The zero-order valence-corrected chi connectivity index (χ0v) is 13.9. The van der Waals surface area contributed by atoms with Gasteiger partial charge in [-0.25, -0.2) is 0 Å². The SMILES string of the molecule is CCC1CC2C=CC1(C(CC(=O)N(C)C)C(=O)N(C)C)C2. The molecule has 2 aliphatic rings. The second-order valence-electron chi connectivity index (χ2n) is 7.05. The molecule has 4 nitrogen and oxygen atoms in total. The molecule has 0 aromatic rings. The van der Waals surface area contributed by atoms with Crippen LogP contribution < -0.4 is 0 Å². The molecule has 0 aromatic heterocycles. The lowest BCUT2D eigenvalue weighted by Gasteiger charge is -2.40. The number of carbonyl (C=O) groups excluding carboxylic acids is 2. The van der Waals surface area contributed by atoms with Crippen LogP contribution in [0.25, 0.3) is 0 Å². The summed E-state index contributed by atoms with van der Waals surface area (Å²) in [7, 11) is 7.10. The van der Waals surface area contributed by atoms with Gasteiger partial charge in [-0.3, -0.25) is 9.59 Å². The summed E-state index contributed by atoms with van der Waals surface area (Å²) < 4.78 is 0. The predicted octanol–water partition coefficient (Wildman–Crippen LogP) is 2.16. The number of rotatable bonds is 5. The Bertz CT molecular complexity index is 456. The Morgan fingerprint density at radius 2 is 1.90 bits per heavy atom. The van der Waals surface area contributed by atoms with Crippen LogP contribution in [0, 0.1) is 23.2 Å². The van der Waals surface area contributed by atoms with Crippen LogP contribution in [0.3, 0.4) is 0 Å². The van der Waals surface area contributed by atoms with Crippen molar-refractivity contribution in [2.24, 2.45) is 23.2 Å². The Morgan fingerprint density at radius 1 is 1.24 bits per heavy atom. The summed E-state index contributed by atoms with van der Waals surface area (Å²) in [5, 5.41) is 0. The molecule has 0 aliphatic heterocycles. The van der Waals surface area contributed by atoms with Gasteiger partial charge >= 0.3 is 0 Å². The number of fused-ring (bicyclic) bond motifs is 2. The first-order valence-corrected chi connectivity index (χ1v) is 7.92. The van der Waals surface area contributed by atoms with Crippen molar-refractivity contribution in [1.82, 2.24) is 9.80 Å². The standard InChI is InChI=1S/C17H28N2O2/c1-6-13-9-12-7-8-17(13,11-12)14(16(21)19(4)5)10-15(20)18(2)3/h7-8,12-14H,6,9-11H2,1-5H3. The van der Waals surface area contributed by atoms with Crippen molar-refractivity contribution in [2.75, 3.05) is 28.2 Å². The minimum atomic E-state index is -0.226. The molecule has 2 amide bonds. The molecule has 4 heteroatoms. The molecule has 0 radical (unpaired) electrons. The molecule has 0 N–H and O–H groups in total. The molecule has 4 unspecified atom stereocenters. The molecule has 0 heterocycles. The summed E-state index contributed by atoms with van der Waals surface area (Å²) >= 11 is 0. The van der Waals surface area contributed by atoms with Crippen molar-refractivity contribution in [1.29, 1.82) is 0 Å². The number of carbonyl (C=O) groups is 2. The summed E-state index contributed by atoms with van der Waals surface area (Å²) in [5.74, 6) is 1.04. The lowest BCUT2D eigenvalue weighted by atomic mass is 9.66. The zero-order chi connectivity index (χ0) is 15.8. The number of nitrogens with zero attached hydrogens (tertiary/aromatic N) is 2. The lowest BCUT2D eigenvalue weighted by Crippen LogP contribution is -2.44. The van der Waals surface area contributed by atoms with Crippen molar-refractivity contribution in [2.45, 2.75) is 32.6 Å². The van der Waals surface area contributed by atoms with Gasteiger partial charge in [0.15, 0.2) is 0 Å². The maximum atomic E-state index is 12.8. The molecule has 118 valence electrons. The maximum absolute atomic E-state index is 12.8. The first-order valence-electron chi connectivity index (χ1n) is 7.92. The minimum absolute atomic E-state index is 0.0446. The van der Waals surface area contributed by atoms with Gasteiger partial charge in [-0.05, 0) is 24.7 Å². The summed E-state index contributed by atoms with van der Waals surface area (Å²) in [5.41, 5.74) is -0.105. The van der Waals surface area contributed by atoms with Crippen molar-refractivity contribution in [3.63, 3.8) is 0 Å². The van der Waals surface area contributed by atoms with Crippen LogP contribution in [-0.2, 0) is 9.59 Å². The van der Waals surface area contributed by atoms with Crippen LogP contribution in [0.2, 0.25) is 0 Å². The van der Waals surface area contributed by atoms with Crippen LogP contribution in [0.1, 0.15) is 32.6 Å². The third kappa shape index (κ3) is 2.72. The van der Waals surface area contributed by atoms with E-state index >= 15 is 0 Å². The van der Waals surface area contributed by atoms with E-state index < -0.39 is 0 Å². The minimum Gasteiger partial charge on any atom is -0.349 e. The van der Waals surface area contributed by atoms with Crippen molar-refractivity contribution < 1.29 is 9.59 Å². The summed E-state index contributed by atoms with van der Waals surface area (Å²) in [6.07, 6.45) is 8.12. The number of hydrogen-bond donors (Lipinski definition) is 0. The van der Waals surface area contributed by atoms with Crippen LogP contribution in [-0.4, -0.2) is 49.8 Å². The van der Waals surface area contributed by atoms with Gasteiger partial charge in [0.1, 0.15) is 0 Å². The maximum Gasteiger partial charge on any atom is 0.226 e. The zero-order valence-electron chi connectivity index (χ0n) is 13.9. The monoisotopic (exact) mass is 292 g/mol. The predicted molar refractivity (Wildman–Crippen MR) is 83.6 cm³/mol. The van der Waals surface area contributed by atoms with E-state index in [1.165, 1.54) is 6.42 Å². The second kappa shape index (κ2) is 5.82. The molecule has 2 aliphatic carbocycles. The molecule has 0 saturated heterocycles. The normalized spacial score (nSPS) is 31.3. The van der Waals surface area contributed by atoms with Gasteiger partial charge in [0.25, 0.3) is 0 Å². The molecule has 0 spiro atoms. The lowest BCUT2D eigenvalue weighted by molar-refractivity contribution is -0.143. The van der Waals surface area contributed by atoms with E-state index in [0.717, 1.165) is 12.8 Å². The van der Waals surface area contributed by atoms with E-state index in [-0.39, 0.29) is 23.1 Å². The van der Waals surface area contributed by atoms with Crippen LogP contribution in [0.15, 0.2) is 12.2 Å². The average molecular weight is 292 g/mol. The Hall–Kier alpha value is -1.32. The molecule has 1 fully saturated rings. The fourth-order valence-corrected chi connectivity index (χ4v) is 4.22. The Balaban J connectivity index is 2.33. The van der Waals surface area contributed by atoms with Gasteiger partial charge in [-0.1, -0.05) is 25.5 Å². The first-order chi connectivity index (χ1) is 9.81. The van der Waals surface area contributed by atoms with Crippen molar-refractivity contribution in [3.8, 4) is 0 Å². The van der Waals surface area contributed by atoms with Gasteiger partial charge in [-0.2, -0.15) is 0 Å². The molecule has 4 atom stereocenters. The summed E-state index contributed by atoms with van der Waals surface area (Å²) in [6, 6.07) is 0. The van der Waals surface area contributed by atoms with Crippen molar-refractivity contribution >= 4 is 11.8 Å². The number of amides is 2. The molecular weight excluding hydrogens is 264 g/mol. The first kappa shape index (κ1) is 16.1. The quantitative estimate of drug-likeness (QED) is 0.729. The topological polar surface area (TPSA) is 40.6 Å². The highest BCUT2D eigenvalue weighted by atomic mass is 16.2. The molecule has 2 bridgehead atoms. The van der Waals surface area contributed by atoms with Gasteiger partial charge < -0.3 is 9.80 Å². The van der Waals surface area contributed by atoms with E-state index in [9.17, 15) is 9.59 Å². The number of hydrogen-bond acceptors (Lipinski definition) is 2. The van der Waals surface area contributed by atoms with Gasteiger partial charge in [-0.15, -0.1) is 0 Å². The molecule has 2 rings (SSSR count). The fraction of sp³-hybridized carbons (Fsp3) is 0.765. The molecular formula is C17H28N2O2. The fourth-order valence-electron chi connectivity index (χ4n) is 4.22. The summed E-state index contributed by atoms with van der Waals surface area (Å²) in [4.78, 5) is 28.2.